The van der Waals surface area contributed by atoms with Crippen molar-refractivity contribution in [1.82, 2.24) is 0 Å². The summed E-state index contributed by atoms with van der Waals surface area (Å²) in [5, 5.41) is 0. The lowest BCUT2D eigenvalue weighted by Crippen LogP contribution is -2.29. The molecule has 20 heavy (non-hydrogen) atoms. The van der Waals surface area contributed by atoms with E-state index >= 15 is 0 Å². The van der Waals surface area contributed by atoms with Crippen LogP contribution >= 0.6 is 15.9 Å². The Morgan fingerprint density at radius 1 is 1.20 bits per heavy atom. The van der Waals surface area contributed by atoms with Crippen LogP contribution in [0.25, 0.3) is 0 Å². The molecule has 3 rings (SSSR count). The summed E-state index contributed by atoms with van der Waals surface area (Å²) in [6, 6.07) is 15.9. The van der Waals surface area contributed by atoms with E-state index in [0.29, 0.717) is 13.0 Å². The highest BCUT2D eigenvalue weighted by Gasteiger charge is 2.25. The van der Waals surface area contributed by atoms with Crippen molar-refractivity contribution in [3.05, 3.63) is 64.1 Å². The number of fused-ring (bicyclic) bond motifs is 1. The molecule has 1 aliphatic heterocycles. The number of hydrogen-bond acceptors (Lipinski definition) is 2. The van der Waals surface area contributed by atoms with Crippen molar-refractivity contribution >= 4 is 21.7 Å². The second-order valence-corrected chi connectivity index (χ2v) is 6.01. The molecule has 0 saturated carbocycles. The zero-order valence-electron chi connectivity index (χ0n) is 11.0. The van der Waals surface area contributed by atoms with E-state index in [4.69, 9.17) is 4.74 Å². The van der Waals surface area contributed by atoms with Crippen LogP contribution in [-0.2, 0) is 17.6 Å². The lowest BCUT2D eigenvalue weighted by molar-refractivity contribution is -0.123. The summed E-state index contributed by atoms with van der Waals surface area (Å²) in [6.45, 7) is 0.490. The van der Waals surface area contributed by atoms with E-state index in [1.165, 1.54) is 0 Å². The van der Waals surface area contributed by atoms with Gasteiger partial charge in [-0.05, 0) is 35.7 Å². The third kappa shape index (κ3) is 2.93. The molecule has 2 nitrogen and oxygen atoms in total. The molecule has 0 amide bonds. The van der Waals surface area contributed by atoms with Crippen LogP contribution in [-0.4, -0.2) is 12.4 Å². The van der Waals surface area contributed by atoms with Gasteiger partial charge in [0.05, 0.1) is 12.5 Å². The van der Waals surface area contributed by atoms with Crippen molar-refractivity contribution in [2.24, 2.45) is 5.92 Å². The fraction of sp³-hybridized carbons (Fsp3) is 0.235. The van der Waals surface area contributed by atoms with Gasteiger partial charge in [0.1, 0.15) is 11.5 Å². The summed E-state index contributed by atoms with van der Waals surface area (Å²) in [5.41, 5.74) is 2.18. The van der Waals surface area contributed by atoms with Crippen LogP contribution in [0.15, 0.2) is 53.0 Å². The number of hydrogen-bond donors (Lipinski definition) is 0. The maximum atomic E-state index is 12.4. The van der Waals surface area contributed by atoms with Crippen LogP contribution in [0.1, 0.15) is 11.1 Å². The standard InChI is InChI=1S/C17H15BrO2/c18-15-6-3-4-12(8-15)9-16(19)14-10-13-5-1-2-7-17(13)20-11-14/h1-8,14H,9-11H2. The highest BCUT2D eigenvalue weighted by Crippen LogP contribution is 2.27. The van der Waals surface area contributed by atoms with Gasteiger partial charge in [-0.25, -0.2) is 0 Å². The zero-order chi connectivity index (χ0) is 13.9. The van der Waals surface area contributed by atoms with Gasteiger partial charge in [-0.15, -0.1) is 0 Å². The van der Waals surface area contributed by atoms with Gasteiger partial charge in [0.2, 0.25) is 0 Å². The molecule has 0 radical (unpaired) electrons. The Balaban J connectivity index is 1.70. The Labute approximate surface area is 126 Å². The molecule has 1 unspecified atom stereocenters. The molecule has 0 fully saturated rings. The molecule has 0 bridgehead atoms. The molecule has 0 aromatic heterocycles. The van der Waals surface area contributed by atoms with Crippen molar-refractivity contribution in [3.63, 3.8) is 0 Å². The molecule has 102 valence electrons. The molecule has 1 atom stereocenters. The number of halogens is 1. The topological polar surface area (TPSA) is 26.3 Å². The average molecular weight is 331 g/mol. The molecule has 2 aromatic carbocycles. The Bertz CT molecular complexity index is 636. The van der Waals surface area contributed by atoms with Crippen molar-refractivity contribution < 1.29 is 9.53 Å². The van der Waals surface area contributed by atoms with Gasteiger partial charge in [0.25, 0.3) is 0 Å². The van der Waals surface area contributed by atoms with Gasteiger partial charge < -0.3 is 4.74 Å². The van der Waals surface area contributed by atoms with Gasteiger partial charge >= 0.3 is 0 Å². The minimum Gasteiger partial charge on any atom is -0.493 e. The normalized spacial score (nSPS) is 17.1. The molecular formula is C17H15BrO2. The number of benzene rings is 2. The highest BCUT2D eigenvalue weighted by atomic mass is 79.9. The molecular weight excluding hydrogens is 316 g/mol. The van der Waals surface area contributed by atoms with Gasteiger partial charge in [0, 0.05) is 10.9 Å². The summed E-state index contributed by atoms with van der Waals surface area (Å²) < 4.78 is 6.70. The smallest absolute Gasteiger partial charge is 0.144 e. The largest absolute Gasteiger partial charge is 0.493 e. The van der Waals surface area contributed by atoms with Crippen LogP contribution < -0.4 is 4.74 Å². The van der Waals surface area contributed by atoms with Crippen molar-refractivity contribution in [2.75, 3.05) is 6.61 Å². The fourth-order valence-corrected chi connectivity index (χ4v) is 2.97. The molecule has 1 heterocycles. The summed E-state index contributed by atoms with van der Waals surface area (Å²) in [5.74, 6) is 1.13. The average Bonchev–Trinajstić information content (AvgIpc) is 2.47. The van der Waals surface area contributed by atoms with E-state index in [9.17, 15) is 4.79 Å². The van der Waals surface area contributed by atoms with Crippen LogP contribution in [0.4, 0.5) is 0 Å². The fourth-order valence-electron chi connectivity index (χ4n) is 2.53. The zero-order valence-corrected chi connectivity index (χ0v) is 12.6. The number of carbonyl (C=O) groups excluding carboxylic acids is 1. The van der Waals surface area contributed by atoms with Gasteiger partial charge in [-0.3, -0.25) is 4.79 Å². The molecule has 2 aromatic rings. The summed E-state index contributed by atoms with van der Waals surface area (Å²) >= 11 is 3.43. The number of rotatable bonds is 3. The molecule has 0 saturated heterocycles. The Morgan fingerprint density at radius 2 is 2.05 bits per heavy atom. The summed E-state index contributed by atoms with van der Waals surface area (Å²) in [7, 11) is 0. The second kappa shape index (κ2) is 5.80. The first-order valence-electron chi connectivity index (χ1n) is 6.70. The van der Waals surface area contributed by atoms with Crippen molar-refractivity contribution in [3.8, 4) is 5.75 Å². The third-order valence-electron chi connectivity index (χ3n) is 3.60. The molecule has 0 spiro atoms. The number of ether oxygens (including phenoxy) is 1. The monoisotopic (exact) mass is 330 g/mol. The van der Waals surface area contributed by atoms with E-state index in [1.807, 2.05) is 48.5 Å². The lowest BCUT2D eigenvalue weighted by atomic mass is 9.90. The second-order valence-electron chi connectivity index (χ2n) is 5.09. The SMILES string of the molecule is O=C(Cc1cccc(Br)c1)C1COc2ccccc2C1. The predicted octanol–water partition coefficient (Wildman–Crippen LogP) is 3.81. The predicted molar refractivity (Wildman–Crippen MR) is 82.0 cm³/mol. The molecule has 3 heteroatoms. The maximum Gasteiger partial charge on any atom is 0.144 e. The summed E-state index contributed by atoms with van der Waals surface area (Å²) in [4.78, 5) is 12.4. The van der Waals surface area contributed by atoms with Crippen molar-refractivity contribution in [1.29, 1.82) is 0 Å². The quantitative estimate of drug-likeness (QED) is 0.855. The Hall–Kier alpha value is -1.61. The van der Waals surface area contributed by atoms with Crippen LogP contribution in [0.2, 0.25) is 0 Å². The maximum absolute atomic E-state index is 12.4. The van der Waals surface area contributed by atoms with E-state index in [-0.39, 0.29) is 11.7 Å². The number of ketones is 1. The minimum absolute atomic E-state index is 0.0381. The van der Waals surface area contributed by atoms with E-state index in [2.05, 4.69) is 15.9 Å². The van der Waals surface area contributed by atoms with E-state index in [0.717, 1.165) is 27.8 Å². The van der Waals surface area contributed by atoms with Crippen LogP contribution in [0.3, 0.4) is 0 Å². The van der Waals surface area contributed by atoms with Crippen LogP contribution in [0, 0.1) is 5.92 Å². The Kier molecular flexibility index (Phi) is 3.88. The van der Waals surface area contributed by atoms with E-state index < -0.39 is 0 Å². The molecule has 0 N–H and O–H groups in total. The Morgan fingerprint density at radius 3 is 2.90 bits per heavy atom. The molecule has 0 aliphatic carbocycles. The number of para-hydroxylation sites is 1. The number of Topliss-reactive ketones (excluding diaryl/α,β-unsaturated/α-hetero) is 1. The minimum atomic E-state index is -0.0381. The number of carbonyl (C=O) groups is 1. The van der Waals surface area contributed by atoms with E-state index in [1.54, 1.807) is 0 Å². The molecule has 1 aliphatic rings. The lowest BCUT2D eigenvalue weighted by Gasteiger charge is -2.24. The van der Waals surface area contributed by atoms with Gasteiger partial charge in [0.15, 0.2) is 0 Å². The first-order valence-corrected chi connectivity index (χ1v) is 7.49. The van der Waals surface area contributed by atoms with Gasteiger partial charge in [-0.2, -0.15) is 0 Å². The first kappa shape index (κ1) is 13.4. The third-order valence-corrected chi connectivity index (χ3v) is 4.09. The van der Waals surface area contributed by atoms with Crippen LogP contribution in [0.5, 0.6) is 5.75 Å². The summed E-state index contributed by atoms with van der Waals surface area (Å²) in [6.07, 6.45) is 1.25. The first-order chi connectivity index (χ1) is 9.72. The highest BCUT2D eigenvalue weighted by molar-refractivity contribution is 9.10. The van der Waals surface area contributed by atoms with Crippen molar-refractivity contribution in [2.45, 2.75) is 12.8 Å². The van der Waals surface area contributed by atoms with Gasteiger partial charge in [-0.1, -0.05) is 46.3 Å².